The molecule has 0 fully saturated rings. The van der Waals surface area contributed by atoms with Crippen LogP contribution in [0.2, 0.25) is 0 Å². The predicted octanol–water partition coefficient (Wildman–Crippen LogP) is 6.79. The molecule has 0 aliphatic carbocycles. The maximum absolute atomic E-state index is 2.20. The summed E-state index contributed by atoms with van der Waals surface area (Å²) in [7, 11) is 2.10. The summed E-state index contributed by atoms with van der Waals surface area (Å²) in [6.45, 7) is 0. The van der Waals surface area contributed by atoms with Crippen LogP contribution in [0.15, 0.2) is 109 Å². The molecule has 4 aromatic carbocycles. The second kappa shape index (κ2) is 7.28. The summed E-state index contributed by atoms with van der Waals surface area (Å²) in [6, 6.07) is 38.3. The van der Waals surface area contributed by atoms with Crippen LogP contribution in [0.5, 0.6) is 0 Å². The maximum Gasteiger partial charge on any atom is 0.0408 e. The molecule has 126 valence electrons. The minimum Gasteiger partial charge on any atom is -0.345 e. The fourth-order valence-electron chi connectivity index (χ4n) is 3.27. The lowest BCUT2D eigenvalue weighted by Gasteiger charge is -2.20. The van der Waals surface area contributed by atoms with Crippen LogP contribution >= 0.6 is 0 Å². The molecule has 0 aliphatic heterocycles. The fraction of sp³-hybridized carbons (Fsp3) is 0.0400. The van der Waals surface area contributed by atoms with Crippen LogP contribution in [0.4, 0.5) is 11.4 Å². The highest BCUT2D eigenvalue weighted by atomic mass is 15.1. The van der Waals surface area contributed by atoms with Gasteiger partial charge < -0.3 is 4.90 Å². The molecule has 0 saturated heterocycles. The Morgan fingerprint density at radius 2 is 0.846 bits per heavy atom. The van der Waals surface area contributed by atoms with Gasteiger partial charge >= 0.3 is 0 Å². The quantitative estimate of drug-likeness (QED) is 0.397. The molecule has 0 radical (unpaired) electrons. The highest BCUT2D eigenvalue weighted by Crippen LogP contribution is 2.33. The van der Waals surface area contributed by atoms with E-state index in [1.807, 2.05) is 6.07 Å². The largest absolute Gasteiger partial charge is 0.345 e. The Morgan fingerprint density at radius 1 is 0.423 bits per heavy atom. The van der Waals surface area contributed by atoms with Crippen LogP contribution in [-0.4, -0.2) is 7.05 Å². The second-order valence-corrected chi connectivity index (χ2v) is 6.35. The fourth-order valence-corrected chi connectivity index (χ4v) is 3.27. The van der Waals surface area contributed by atoms with Crippen molar-refractivity contribution < 1.29 is 0 Å². The van der Waals surface area contributed by atoms with Gasteiger partial charge in [-0.1, -0.05) is 84.9 Å². The molecule has 0 saturated carbocycles. The lowest BCUT2D eigenvalue weighted by Crippen LogP contribution is -2.08. The number of rotatable bonds is 4. The Morgan fingerprint density at radius 3 is 1.42 bits per heavy atom. The minimum atomic E-state index is 1.18. The summed E-state index contributed by atoms with van der Waals surface area (Å²) in [6.07, 6.45) is 0. The van der Waals surface area contributed by atoms with Gasteiger partial charge in [-0.25, -0.2) is 0 Å². The standard InChI is InChI=1S/C25H21N/c1-26(22-12-6-3-7-13-22)23-18-16-21(17-19-23)25-15-9-8-14-24(25)20-10-4-2-5-11-20/h2-19H,1H3. The molecule has 1 nitrogen and oxygen atoms in total. The molecule has 0 atom stereocenters. The van der Waals surface area contributed by atoms with Crippen LogP contribution in [0.3, 0.4) is 0 Å². The molecule has 0 aliphatic rings. The minimum absolute atomic E-state index is 1.18. The predicted molar refractivity (Wildman–Crippen MR) is 112 cm³/mol. The molecular weight excluding hydrogens is 314 g/mol. The zero-order valence-electron chi connectivity index (χ0n) is 14.8. The first-order valence-electron chi connectivity index (χ1n) is 8.86. The first-order chi connectivity index (χ1) is 12.8. The molecule has 4 aromatic rings. The van der Waals surface area contributed by atoms with Crippen LogP contribution in [0, 0.1) is 0 Å². The van der Waals surface area contributed by atoms with Crippen LogP contribution in [0.1, 0.15) is 0 Å². The average Bonchev–Trinajstić information content (AvgIpc) is 2.75. The van der Waals surface area contributed by atoms with E-state index in [0.29, 0.717) is 0 Å². The molecule has 0 spiro atoms. The highest BCUT2D eigenvalue weighted by molar-refractivity contribution is 5.84. The summed E-state index contributed by atoms with van der Waals surface area (Å²) in [5, 5.41) is 0. The van der Waals surface area contributed by atoms with Gasteiger partial charge in [0, 0.05) is 18.4 Å². The van der Waals surface area contributed by atoms with E-state index in [0.717, 1.165) is 0 Å². The van der Waals surface area contributed by atoms with Crippen molar-refractivity contribution in [1.82, 2.24) is 0 Å². The Balaban J connectivity index is 1.68. The zero-order valence-corrected chi connectivity index (χ0v) is 14.8. The molecule has 4 rings (SSSR count). The third-order valence-electron chi connectivity index (χ3n) is 4.72. The number of hydrogen-bond acceptors (Lipinski definition) is 1. The zero-order chi connectivity index (χ0) is 17.8. The van der Waals surface area contributed by atoms with Crippen LogP contribution < -0.4 is 4.90 Å². The number of nitrogens with zero attached hydrogens (tertiary/aromatic N) is 1. The van der Waals surface area contributed by atoms with Gasteiger partial charge in [0.25, 0.3) is 0 Å². The van der Waals surface area contributed by atoms with E-state index in [-0.39, 0.29) is 0 Å². The molecule has 0 bridgehead atoms. The Labute approximate surface area is 155 Å². The van der Waals surface area contributed by atoms with Crippen molar-refractivity contribution in [2.24, 2.45) is 0 Å². The summed E-state index contributed by atoms with van der Waals surface area (Å²) >= 11 is 0. The third-order valence-corrected chi connectivity index (χ3v) is 4.72. The number of anilines is 2. The summed E-state index contributed by atoms with van der Waals surface area (Å²) in [5.74, 6) is 0. The summed E-state index contributed by atoms with van der Waals surface area (Å²) < 4.78 is 0. The third kappa shape index (κ3) is 3.25. The van der Waals surface area contributed by atoms with Crippen molar-refractivity contribution in [2.45, 2.75) is 0 Å². The van der Waals surface area contributed by atoms with Gasteiger partial charge in [-0.05, 0) is 46.5 Å². The molecule has 1 heteroatoms. The second-order valence-electron chi connectivity index (χ2n) is 6.35. The van der Waals surface area contributed by atoms with Crippen molar-refractivity contribution >= 4 is 11.4 Å². The molecule has 0 N–H and O–H groups in total. The van der Waals surface area contributed by atoms with E-state index in [9.17, 15) is 0 Å². The monoisotopic (exact) mass is 335 g/mol. The van der Waals surface area contributed by atoms with Crippen molar-refractivity contribution in [2.75, 3.05) is 11.9 Å². The Kier molecular flexibility index (Phi) is 4.53. The molecule has 0 aromatic heterocycles. The maximum atomic E-state index is 2.20. The number of hydrogen-bond donors (Lipinski definition) is 0. The highest BCUT2D eigenvalue weighted by Gasteiger charge is 2.08. The smallest absolute Gasteiger partial charge is 0.0408 e. The first kappa shape index (κ1) is 16.2. The topological polar surface area (TPSA) is 3.24 Å². The number of para-hydroxylation sites is 1. The van der Waals surface area contributed by atoms with E-state index in [2.05, 4.69) is 115 Å². The normalized spacial score (nSPS) is 10.5. The van der Waals surface area contributed by atoms with Gasteiger partial charge in [0.1, 0.15) is 0 Å². The lowest BCUT2D eigenvalue weighted by molar-refractivity contribution is 1.21. The molecular formula is C25H21N. The Hall–Kier alpha value is -3.32. The molecule has 0 unspecified atom stereocenters. The first-order valence-corrected chi connectivity index (χ1v) is 8.86. The summed E-state index contributed by atoms with van der Waals surface area (Å²) in [5.41, 5.74) is 7.36. The van der Waals surface area contributed by atoms with E-state index in [4.69, 9.17) is 0 Å². The lowest BCUT2D eigenvalue weighted by atomic mass is 9.94. The van der Waals surface area contributed by atoms with Gasteiger partial charge in [-0.3, -0.25) is 0 Å². The van der Waals surface area contributed by atoms with Gasteiger partial charge in [0.05, 0.1) is 0 Å². The SMILES string of the molecule is CN(c1ccccc1)c1ccc(-c2ccccc2-c2ccccc2)cc1. The Bertz CT molecular complexity index is 973. The van der Waals surface area contributed by atoms with Crippen LogP contribution in [-0.2, 0) is 0 Å². The van der Waals surface area contributed by atoms with Gasteiger partial charge in [0.2, 0.25) is 0 Å². The van der Waals surface area contributed by atoms with Crippen molar-refractivity contribution in [3.63, 3.8) is 0 Å². The summed E-state index contributed by atoms with van der Waals surface area (Å²) in [4.78, 5) is 2.20. The van der Waals surface area contributed by atoms with E-state index < -0.39 is 0 Å². The van der Waals surface area contributed by atoms with E-state index in [1.54, 1.807) is 0 Å². The number of benzene rings is 4. The van der Waals surface area contributed by atoms with Gasteiger partial charge in [-0.15, -0.1) is 0 Å². The van der Waals surface area contributed by atoms with Crippen molar-refractivity contribution in [3.05, 3.63) is 109 Å². The molecule has 26 heavy (non-hydrogen) atoms. The molecule has 0 amide bonds. The van der Waals surface area contributed by atoms with Crippen LogP contribution in [0.25, 0.3) is 22.3 Å². The van der Waals surface area contributed by atoms with Gasteiger partial charge in [0.15, 0.2) is 0 Å². The van der Waals surface area contributed by atoms with Crippen molar-refractivity contribution in [1.29, 1.82) is 0 Å². The van der Waals surface area contributed by atoms with Crippen molar-refractivity contribution in [3.8, 4) is 22.3 Å². The van der Waals surface area contributed by atoms with E-state index in [1.165, 1.54) is 33.6 Å². The average molecular weight is 335 g/mol. The van der Waals surface area contributed by atoms with E-state index >= 15 is 0 Å². The molecule has 0 heterocycles. The van der Waals surface area contributed by atoms with Gasteiger partial charge in [-0.2, -0.15) is 0 Å².